The van der Waals surface area contributed by atoms with Crippen LogP contribution in [0.2, 0.25) is 0 Å². The minimum Gasteiger partial charge on any atom is -0.492 e. The summed E-state index contributed by atoms with van der Waals surface area (Å²) in [5, 5.41) is 4.91. The van der Waals surface area contributed by atoms with Crippen molar-refractivity contribution in [1.82, 2.24) is 10.3 Å². The number of imide groups is 1. The van der Waals surface area contributed by atoms with E-state index in [1.165, 1.54) is 0 Å². The van der Waals surface area contributed by atoms with E-state index in [0.29, 0.717) is 18.1 Å². The van der Waals surface area contributed by atoms with Gasteiger partial charge in [0, 0.05) is 18.0 Å². The number of carbonyl (C=O) groups excluding carboxylic acids is 2. The zero-order chi connectivity index (χ0) is 20.9. The molecule has 8 heteroatoms. The summed E-state index contributed by atoms with van der Waals surface area (Å²) < 4.78 is 5.83. The van der Waals surface area contributed by atoms with Gasteiger partial charge in [0.25, 0.3) is 11.1 Å². The number of hydrogen-bond acceptors (Lipinski definition) is 7. The fraction of sp³-hybridized carbons (Fsp3) is 0.136. The standard InChI is InChI=1S/C22H19N3O3S2/c1-25(21-23-18(14-29-21)16-5-3-2-4-6-16)11-12-28-17-9-7-15(8-10-17)13-19-20(26)24-22(27)30-19/h2-10,13-14H,11-12H2,1H3,(H,24,26,27)/b19-13+. The van der Waals surface area contributed by atoms with Crippen LogP contribution in [-0.4, -0.2) is 36.3 Å². The lowest BCUT2D eigenvalue weighted by Crippen LogP contribution is -2.23. The normalized spacial score (nSPS) is 14.8. The molecule has 1 fully saturated rings. The van der Waals surface area contributed by atoms with Gasteiger partial charge in [-0.2, -0.15) is 0 Å². The predicted molar refractivity (Wildman–Crippen MR) is 122 cm³/mol. The molecule has 1 saturated heterocycles. The van der Waals surface area contributed by atoms with E-state index in [0.717, 1.165) is 39.5 Å². The Morgan fingerprint density at radius 3 is 2.57 bits per heavy atom. The third-order valence-corrected chi connectivity index (χ3v) is 6.17. The highest BCUT2D eigenvalue weighted by Gasteiger charge is 2.24. The van der Waals surface area contributed by atoms with E-state index in [4.69, 9.17) is 9.72 Å². The number of ether oxygens (including phenoxy) is 1. The average molecular weight is 438 g/mol. The van der Waals surface area contributed by atoms with Crippen LogP contribution in [0.25, 0.3) is 17.3 Å². The van der Waals surface area contributed by atoms with Gasteiger partial charge < -0.3 is 9.64 Å². The fourth-order valence-corrected chi connectivity index (χ4v) is 4.32. The van der Waals surface area contributed by atoms with Crippen LogP contribution in [0.15, 0.2) is 64.9 Å². The summed E-state index contributed by atoms with van der Waals surface area (Å²) >= 11 is 2.52. The predicted octanol–water partition coefficient (Wildman–Crippen LogP) is 4.65. The largest absolute Gasteiger partial charge is 0.492 e. The van der Waals surface area contributed by atoms with Crippen molar-refractivity contribution in [1.29, 1.82) is 0 Å². The molecule has 152 valence electrons. The number of benzene rings is 2. The Balaban J connectivity index is 1.29. The third kappa shape index (κ3) is 4.90. The van der Waals surface area contributed by atoms with Crippen molar-refractivity contribution in [2.24, 2.45) is 0 Å². The summed E-state index contributed by atoms with van der Waals surface area (Å²) in [5.41, 5.74) is 2.92. The average Bonchev–Trinajstić information content (AvgIpc) is 3.37. The van der Waals surface area contributed by atoms with Crippen molar-refractivity contribution in [2.75, 3.05) is 25.1 Å². The zero-order valence-electron chi connectivity index (χ0n) is 16.2. The number of hydrogen-bond donors (Lipinski definition) is 1. The number of likely N-dealkylation sites (N-methyl/N-ethyl adjacent to an activating group) is 1. The zero-order valence-corrected chi connectivity index (χ0v) is 17.8. The Morgan fingerprint density at radius 2 is 1.87 bits per heavy atom. The van der Waals surface area contributed by atoms with Crippen LogP contribution in [0.1, 0.15) is 5.56 Å². The van der Waals surface area contributed by atoms with Crippen molar-refractivity contribution in [3.63, 3.8) is 0 Å². The molecule has 1 aliphatic rings. The molecule has 0 atom stereocenters. The molecule has 6 nitrogen and oxygen atoms in total. The second-order valence-electron chi connectivity index (χ2n) is 6.57. The number of thioether (sulfide) groups is 1. The van der Waals surface area contributed by atoms with Gasteiger partial charge in [0.05, 0.1) is 17.1 Å². The van der Waals surface area contributed by atoms with E-state index in [2.05, 4.69) is 27.7 Å². The van der Waals surface area contributed by atoms with E-state index in [-0.39, 0.29) is 11.1 Å². The van der Waals surface area contributed by atoms with Gasteiger partial charge in [-0.1, -0.05) is 42.5 Å². The minimum atomic E-state index is -0.356. The van der Waals surface area contributed by atoms with Gasteiger partial charge in [-0.25, -0.2) is 4.98 Å². The maximum atomic E-state index is 11.6. The van der Waals surface area contributed by atoms with Crippen molar-refractivity contribution in [2.45, 2.75) is 0 Å². The lowest BCUT2D eigenvalue weighted by molar-refractivity contribution is -0.115. The second-order valence-corrected chi connectivity index (χ2v) is 8.42. The molecule has 1 aliphatic heterocycles. The molecule has 30 heavy (non-hydrogen) atoms. The van der Waals surface area contributed by atoms with Crippen LogP contribution >= 0.6 is 23.1 Å². The highest BCUT2D eigenvalue weighted by molar-refractivity contribution is 8.18. The maximum Gasteiger partial charge on any atom is 0.290 e. The third-order valence-electron chi connectivity index (χ3n) is 4.40. The smallest absolute Gasteiger partial charge is 0.290 e. The molecule has 1 aromatic heterocycles. The van der Waals surface area contributed by atoms with Crippen LogP contribution in [0, 0.1) is 0 Å². The van der Waals surface area contributed by atoms with Gasteiger partial charge in [0.1, 0.15) is 12.4 Å². The number of aromatic nitrogens is 1. The van der Waals surface area contributed by atoms with Crippen molar-refractivity contribution >= 4 is 45.5 Å². The summed E-state index contributed by atoms with van der Waals surface area (Å²) in [4.78, 5) is 30.0. The van der Waals surface area contributed by atoms with Crippen LogP contribution in [0.5, 0.6) is 5.75 Å². The first-order valence-electron chi connectivity index (χ1n) is 9.28. The molecule has 2 heterocycles. The molecule has 0 bridgehead atoms. The lowest BCUT2D eigenvalue weighted by Gasteiger charge is -2.16. The van der Waals surface area contributed by atoms with E-state index in [1.807, 2.05) is 49.5 Å². The number of nitrogens with zero attached hydrogens (tertiary/aromatic N) is 2. The summed E-state index contributed by atoms with van der Waals surface area (Å²) in [6, 6.07) is 17.5. The molecule has 4 rings (SSSR count). The van der Waals surface area contributed by atoms with Gasteiger partial charge in [-0.15, -0.1) is 11.3 Å². The molecule has 0 saturated carbocycles. The first-order chi connectivity index (χ1) is 14.6. The number of rotatable bonds is 7. The molecular formula is C22H19N3O3S2. The van der Waals surface area contributed by atoms with E-state index >= 15 is 0 Å². The molecule has 2 aromatic carbocycles. The van der Waals surface area contributed by atoms with Crippen molar-refractivity contribution < 1.29 is 14.3 Å². The van der Waals surface area contributed by atoms with Gasteiger partial charge in [-0.3, -0.25) is 14.9 Å². The van der Waals surface area contributed by atoms with Crippen LogP contribution in [0.3, 0.4) is 0 Å². The lowest BCUT2D eigenvalue weighted by atomic mass is 10.2. The molecule has 0 spiro atoms. The van der Waals surface area contributed by atoms with E-state index in [9.17, 15) is 9.59 Å². The SMILES string of the molecule is CN(CCOc1ccc(/C=C2/SC(=O)NC2=O)cc1)c1nc(-c2ccccc2)cs1. The summed E-state index contributed by atoms with van der Waals surface area (Å²) in [5.74, 6) is 0.389. The number of nitrogens with one attached hydrogen (secondary N) is 1. The molecule has 2 amide bonds. The quantitative estimate of drug-likeness (QED) is 0.543. The summed E-state index contributed by atoms with van der Waals surface area (Å²) in [7, 11) is 2.00. The Hall–Kier alpha value is -3.10. The van der Waals surface area contributed by atoms with Crippen LogP contribution in [-0.2, 0) is 4.79 Å². The molecule has 0 unspecified atom stereocenters. The molecule has 0 radical (unpaired) electrons. The Labute approximate surface area is 182 Å². The van der Waals surface area contributed by atoms with Crippen LogP contribution in [0.4, 0.5) is 9.93 Å². The Morgan fingerprint density at radius 1 is 1.10 bits per heavy atom. The number of anilines is 1. The Kier molecular flexibility index (Phi) is 6.15. The van der Waals surface area contributed by atoms with Gasteiger partial charge in [-0.05, 0) is 35.5 Å². The first-order valence-corrected chi connectivity index (χ1v) is 11.0. The van der Waals surface area contributed by atoms with Gasteiger partial charge >= 0.3 is 0 Å². The fourth-order valence-electron chi connectivity index (χ4n) is 2.81. The highest BCUT2D eigenvalue weighted by Crippen LogP contribution is 2.27. The number of carbonyl (C=O) groups is 2. The maximum absolute atomic E-state index is 11.6. The molecular weight excluding hydrogens is 418 g/mol. The second kappa shape index (κ2) is 9.15. The topological polar surface area (TPSA) is 71.5 Å². The number of amides is 2. The molecule has 0 aliphatic carbocycles. The van der Waals surface area contributed by atoms with E-state index < -0.39 is 0 Å². The number of thiazole rings is 1. The monoisotopic (exact) mass is 437 g/mol. The minimum absolute atomic E-state index is 0.341. The molecule has 3 aromatic rings. The molecule has 1 N–H and O–H groups in total. The summed E-state index contributed by atoms with van der Waals surface area (Å²) in [6.07, 6.45) is 1.69. The van der Waals surface area contributed by atoms with E-state index in [1.54, 1.807) is 17.4 Å². The highest BCUT2D eigenvalue weighted by atomic mass is 32.2. The van der Waals surface area contributed by atoms with Crippen molar-refractivity contribution in [3.05, 3.63) is 70.4 Å². The van der Waals surface area contributed by atoms with Crippen molar-refractivity contribution in [3.8, 4) is 17.0 Å². The summed E-state index contributed by atoms with van der Waals surface area (Å²) in [6.45, 7) is 1.22. The van der Waals surface area contributed by atoms with Gasteiger partial charge in [0.15, 0.2) is 5.13 Å². The van der Waals surface area contributed by atoms with Gasteiger partial charge in [0.2, 0.25) is 0 Å². The van der Waals surface area contributed by atoms with Crippen LogP contribution < -0.4 is 15.0 Å². The first kappa shape index (κ1) is 20.2. The Bertz CT molecular complexity index is 1080.